The number of hydrogen-bond acceptors (Lipinski definition) is 3. The fraction of sp³-hybridized carbons (Fsp3) is 0.500. The van der Waals surface area contributed by atoms with Crippen LogP contribution in [0, 0.1) is 0 Å². The molecule has 0 radical (unpaired) electrons. The van der Waals surface area contributed by atoms with E-state index >= 15 is 0 Å². The molecule has 0 atom stereocenters. The number of aliphatic carboxylic acids is 1. The van der Waals surface area contributed by atoms with E-state index in [1.807, 2.05) is 18.2 Å². The number of amides is 1. The van der Waals surface area contributed by atoms with E-state index in [2.05, 4.69) is 17.4 Å². The lowest BCUT2D eigenvalue weighted by atomic mass is 10.0. The summed E-state index contributed by atoms with van der Waals surface area (Å²) in [5, 5.41) is 11.9. The van der Waals surface area contributed by atoms with Crippen LogP contribution in [0.25, 0.3) is 0 Å². The maximum absolute atomic E-state index is 11.8. The molecule has 21 heavy (non-hydrogen) atoms. The highest BCUT2D eigenvalue weighted by Gasteiger charge is 2.32. The van der Waals surface area contributed by atoms with Gasteiger partial charge in [0.2, 0.25) is 5.91 Å². The number of nitrogens with one attached hydrogen (secondary N) is 1. The molecule has 0 aliphatic rings. The summed E-state index contributed by atoms with van der Waals surface area (Å²) in [7, 11) is 1.64. The first-order valence-electron chi connectivity index (χ1n) is 7.09. The summed E-state index contributed by atoms with van der Waals surface area (Å²) >= 11 is 0. The molecule has 0 heterocycles. The quantitative estimate of drug-likeness (QED) is 0.713. The predicted molar refractivity (Wildman–Crippen MR) is 82.1 cm³/mol. The summed E-state index contributed by atoms with van der Waals surface area (Å²) in [4.78, 5) is 24.4. The van der Waals surface area contributed by atoms with Crippen molar-refractivity contribution in [1.82, 2.24) is 10.2 Å². The molecule has 0 saturated carbocycles. The Hall–Kier alpha value is -1.88. The van der Waals surface area contributed by atoms with E-state index in [4.69, 9.17) is 5.11 Å². The first kappa shape index (κ1) is 17.2. The smallest absolute Gasteiger partial charge is 0.323 e. The SMILES string of the molecule is CN(CC(=O)NCCCc1ccccc1)C(C)(C)C(=O)O. The molecule has 5 heteroatoms. The van der Waals surface area contributed by atoms with E-state index in [9.17, 15) is 9.59 Å². The van der Waals surface area contributed by atoms with Gasteiger partial charge < -0.3 is 10.4 Å². The number of hydrogen-bond donors (Lipinski definition) is 2. The van der Waals surface area contributed by atoms with E-state index in [1.54, 1.807) is 20.9 Å². The molecule has 0 unspecified atom stereocenters. The molecule has 0 fully saturated rings. The Morgan fingerprint density at radius 1 is 1.24 bits per heavy atom. The molecular formula is C16H24N2O3. The molecule has 1 amide bonds. The number of aryl methyl sites for hydroxylation is 1. The van der Waals surface area contributed by atoms with Gasteiger partial charge in [-0.05, 0) is 39.3 Å². The van der Waals surface area contributed by atoms with Crippen LogP contribution in [0.4, 0.5) is 0 Å². The maximum Gasteiger partial charge on any atom is 0.323 e. The highest BCUT2D eigenvalue weighted by Crippen LogP contribution is 2.11. The van der Waals surface area contributed by atoms with Gasteiger partial charge in [-0.1, -0.05) is 30.3 Å². The van der Waals surface area contributed by atoms with Gasteiger partial charge in [0.25, 0.3) is 0 Å². The van der Waals surface area contributed by atoms with Gasteiger partial charge in [-0.3, -0.25) is 14.5 Å². The molecule has 1 rings (SSSR count). The van der Waals surface area contributed by atoms with Gasteiger partial charge >= 0.3 is 5.97 Å². The average molecular weight is 292 g/mol. The molecule has 5 nitrogen and oxygen atoms in total. The zero-order chi connectivity index (χ0) is 15.9. The van der Waals surface area contributed by atoms with Gasteiger partial charge in [-0.2, -0.15) is 0 Å². The largest absolute Gasteiger partial charge is 0.480 e. The van der Waals surface area contributed by atoms with Crippen molar-refractivity contribution in [3.63, 3.8) is 0 Å². The van der Waals surface area contributed by atoms with Gasteiger partial charge in [0, 0.05) is 6.54 Å². The Kier molecular flexibility index (Phi) is 6.37. The van der Waals surface area contributed by atoms with Crippen LogP contribution in [0.3, 0.4) is 0 Å². The Balaban J connectivity index is 2.27. The fourth-order valence-electron chi connectivity index (χ4n) is 1.80. The lowest BCUT2D eigenvalue weighted by Crippen LogP contribution is -2.51. The average Bonchev–Trinajstić information content (AvgIpc) is 2.44. The first-order valence-corrected chi connectivity index (χ1v) is 7.09. The second-order valence-corrected chi connectivity index (χ2v) is 5.66. The summed E-state index contributed by atoms with van der Waals surface area (Å²) < 4.78 is 0. The van der Waals surface area contributed by atoms with E-state index in [-0.39, 0.29) is 12.5 Å². The molecule has 0 saturated heterocycles. The second-order valence-electron chi connectivity index (χ2n) is 5.66. The van der Waals surface area contributed by atoms with Crippen molar-refractivity contribution in [1.29, 1.82) is 0 Å². The number of carbonyl (C=O) groups is 2. The Morgan fingerprint density at radius 2 is 1.86 bits per heavy atom. The van der Waals surface area contributed by atoms with Crippen LogP contribution in [0.15, 0.2) is 30.3 Å². The van der Waals surface area contributed by atoms with Crippen molar-refractivity contribution in [2.45, 2.75) is 32.2 Å². The summed E-state index contributed by atoms with van der Waals surface area (Å²) in [6, 6.07) is 10.1. The van der Waals surface area contributed by atoms with Gasteiger partial charge in [0.1, 0.15) is 5.54 Å². The van der Waals surface area contributed by atoms with Crippen molar-refractivity contribution in [3.05, 3.63) is 35.9 Å². The van der Waals surface area contributed by atoms with Gasteiger partial charge in [-0.15, -0.1) is 0 Å². The van der Waals surface area contributed by atoms with Gasteiger partial charge in [0.15, 0.2) is 0 Å². The molecule has 1 aromatic rings. The Morgan fingerprint density at radius 3 is 2.43 bits per heavy atom. The Labute approximate surface area is 126 Å². The maximum atomic E-state index is 11.8. The zero-order valence-corrected chi connectivity index (χ0v) is 12.9. The van der Waals surface area contributed by atoms with Crippen molar-refractivity contribution in [2.24, 2.45) is 0 Å². The highest BCUT2D eigenvalue weighted by atomic mass is 16.4. The number of carbonyl (C=O) groups excluding carboxylic acids is 1. The van der Waals surface area contributed by atoms with Crippen molar-refractivity contribution in [2.75, 3.05) is 20.1 Å². The molecular weight excluding hydrogens is 268 g/mol. The number of carboxylic acids is 1. The van der Waals surface area contributed by atoms with E-state index in [1.165, 1.54) is 10.5 Å². The molecule has 116 valence electrons. The van der Waals surface area contributed by atoms with Crippen LogP contribution in [-0.4, -0.2) is 47.6 Å². The van der Waals surface area contributed by atoms with Crippen molar-refractivity contribution >= 4 is 11.9 Å². The minimum Gasteiger partial charge on any atom is -0.480 e. The predicted octanol–water partition coefficient (Wildman–Crippen LogP) is 1.53. The number of rotatable bonds is 8. The van der Waals surface area contributed by atoms with E-state index in [0.717, 1.165) is 12.8 Å². The summed E-state index contributed by atoms with van der Waals surface area (Å²) in [6.45, 7) is 3.83. The second kappa shape index (κ2) is 7.78. The standard InChI is InChI=1S/C16H24N2O3/c1-16(2,15(20)21)18(3)12-14(19)17-11-7-10-13-8-5-4-6-9-13/h4-6,8-9H,7,10-12H2,1-3H3,(H,17,19)(H,20,21). The van der Waals surface area contributed by atoms with Crippen LogP contribution in [0.5, 0.6) is 0 Å². The monoisotopic (exact) mass is 292 g/mol. The third-order valence-electron chi connectivity index (χ3n) is 3.67. The number of benzene rings is 1. The van der Waals surface area contributed by atoms with Crippen LogP contribution >= 0.6 is 0 Å². The topological polar surface area (TPSA) is 69.6 Å². The molecule has 0 aliphatic heterocycles. The number of likely N-dealkylation sites (N-methyl/N-ethyl adjacent to an activating group) is 1. The zero-order valence-electron chi connectivity index (χ0n) is 12.9. The van der Waals surface area contributed by atoms with Gasteiger partial charge in [-0.25, -0.2) is 0 Å². The highest BCUT2D eigenvalue weighted by molar-refractivity contribution is 5.81. The minimum atomic E-state index is -1.05. The third-order valence-corrected chi connectivity index (χ3v) is 3.67. The van der Waals surface area contributed by atoms with E-state index < -0.39 is 11.5 Å². The van der Waals surface area contributed by atoms with Crippen LogP contribution in [0.2, 0.25) is 0 Å². The summed E-state index contributed by atoms with van der Waals surface area (Å²) in [5.74, 6) is -1.10. The summed E-state index contributed by atoms with van der Waals surface area (Å²) in [5.41, 5.74) is 0.192. The first-order chi connectivity index (χ1) is 9.84. The molecule has 0 spiro atoms. The van der Waals surface area contributed by atoms with Crippen LogP contribution in [0.1, 0.15) is 25.8 Å². The van der Waals surface area contributed by atoms with Crippen molar-refractivity contribution < 1.29 is 14.7 Å². The minimum absolute atomic E-state index is 0.0740. The number of carboxylic acid groups (broad SMARTS) is 1. The third kappa shape index (κ3) is 5.55. The molecule has 0 aliphatic carbocycles. The van der Waals surface area contributed by atoms with Crippen molar-refractivity contribution in [3.8, 4) is 0 Å². The lowest BCUT2D eigenvalue weighted by molar-refractivity contribution is -0.149. The number of nitrogens with zero attached hydrogens (tertiary/aromatic N) is 1. The molecule has 2 N–H and O–H groups in total. The Bertz CT molecular complexity index is 472. The molecule has 0 bridgehead atoms. The fourth-order valence-corrected chi connectivity index (χ4v) is 1.80. The van der Waals surface area contributed by atoms with Gasteiger partial charge in [0.05, 0.1) is 6.54 Å². The molecule has 0 aromatic heterocycles. The van der Waals surface area contributed by atoms with Crippen LogP contribution < -0.4 is 5.32 Å². The molecule has 1 aromatic carbocycles. The van der Waals surface area contributed by atoms with E-state index in [0.29, 0.717) is 6.54 Å². The van der Waals surface area contributed by atoms with Crippen LogP contribution in [-0.2, 0) is 16.0 Å². The lowest BCUT2D eigenvalue weighted by Gasteiger charge is -2.30. The summed E-state index contributed by atoms with van der Waals surface area (Å²) in [6.07, 6.45) is 1.78. The normalized spacial score (nSPS) is 11.4.